The molecule has 0 saturated carbocycles. The summed E-state index contributed by atoms with van der Waals surface area (Å²) in [4.78, 5) is 66.1. The van der Waals surface area contributed by atoms with Crippen molar-refractivity contribution in [2.24, 2.45) is 0 Å². The van der Waals surface area contributed by atoms with Gasteiger partial charge in [0.2, 0.25) is 5.91 Å². The Morgan fingerprint density at radius 3 is 1.21 bits per heavy atom. The van der Waals surface area contributed by atoms with Crippen molar-refractivity contribution in [3.63, 3.8) is 0 Å². The Morgan fingerprint density at radius 1 is 0.431 bits per heavy atom. The van der Waals surface area contributed by atoms with Gasteiger partial charge < -0.3 is 95.3 Å². The van der Waals surface area contributed by atoms with E-state index in [1.54, 1.807) is 60.3 Å². The highest BCUT2D eigenvalue weighted by atomic mass is 19.4. The fraction of sp³-hybridized carbons (Fsp3) is 0.659. The molecule has 5 aromatic heterocycles. The molecule has 32 nitrogen and oxygen atoms in total. The number of hydrogen-bond donors (Lipinski definition) is 2. The molecule has 1 aromatic carbocycles. The normalized spacial score (nSPS) is 22.9. The number of anilines is 4. The monoisotopic (exact) mass is 1710 g/mol. The number of carbonyl (C=O) groups is 1. The van der Waals surface area contributed by atoms with Crippen molar-refractivity contribution < 1.29 is 88.8 Å². The lowest BCUT2D eigenvalue weighted by molar-refractivity contribution is -0.141. The molecule has 0 bridgehead atoms. The van der Waals surface area contributed by atoms with Crippen LogP contribution in [0.15, 0.2) is 92.2 Å². The first-order valence-electron chi connectivity index (χ1n) is 42.5. The zero-order valence-electron chi connectivity index (χ0n) is 75.9. The lowest BCUT2D eigenvalue weighted by Gasteiger charge is -2.33. The van der Waals surface area contributed by atoms with Crippen LogP contribution in [0.1, 0.15) is 157 Å². The van der Waals surface area contributed by atoms with Crippen LogP contribution in [0.2, 0.25) is 0 Å². The first-order valence-corrected chi connectivity index (χ1v) is 42.5. The Hall–Kier alpha value is -7.14. The van der Waals surface area contributed by atoms with Gasteiger partial charge in [-0.1, -0.05) is 12.1 Å². The summed E-state index contributed by atoms with van der Waals surface area (Å²) in [6.45, 7) is 56.7. The van der Waals surface area contributed by atoms with Gasteiger partial charge in [0.15, 0.2) is 5.82 Å². The maximum absolute atomic E-state index is 12.6. The number of amides is 1. The molecule has 123 heavy (non-hydrogen) atoms. The Balaban J connectivity index is 0.000000144. The van der Waals surface area contributed by atoms with Crippen LogP contribution in [0, 0.1) is 0 Å². The van der Waals surface area contributed by atoms with Crippen LogP contribution in [0.25, 0.3) is 0 Å². The van der Waals surface area contributed by atoms with E-state index in [0.29, 0.717) is 47.7 Å². The van der Waals surface area contributed by atoms with Crippen LogP contribution in [-0.2, 0) is 67.0 Å². The number of benzene rings is 1. The third kappa shape index (κ3) is 24.2. The van der Waals surface area contributed by atoms with Crippen LogP contribution in [0.5, 0.6) is 5.75 Å². The van der Waals surface area contributed by atoms with E-state index in [9.17, 15) is 18.0 Å². The third-order valence-electron chi connectivity index (χ3n) is 25.5. The average molecular weight is 1710 g/mol. The van der Waals surface area contributed by atoms with Crippen LogP contribution >= 0.6 is 0 Å². The zero-order valence-corrected chi connectivity index (χ0v) is 75.9. The summed E-state index contributed by atoms with van der Waals surface area (Å²) < 4.78 is 114. The number of halogens is 3. The molecule has 10 aliphatic rings. The highest BCUT2D eigenvalue weighted by Gasteiger charge is 2.57. The first-order chi connectivity index (χ1) is 57.5. The largest absolute Gasteiger partial charge is 0.516 e. The van der Waals surface area contributed by atoms with Gasteiger partial charge in [0.05, 0.1) is 130 Å². The molecule has 0 unspecified atom stereocenters. The van der Waals surface area contributed by atoms with Crippen LogP contribution in [0.4, 0.5) is 36.4 Å². The first kappa shape index (κ1) is 96.5. The van der Waals surface area contributed by atoms with Crippen LogP contribution < -0.4 is 57.6 Å². The lowest BCUT2D eigenvalue weighted by atomic mass is 9.79. The fourth-order valence-corrected chi connectivity index (χ4v) is 13.7. The number of nitrogens with zero attached hydrogens (tertiary/aromatic N) is 16. The van der Waals surface area contributed by atoms with Gasteiger partial charge in [-0.05, 0) is 194 Å². The maximum Gasteiger partial charge on any atom is 0.516 e. The number of carbonyl (C=O) groups excluding carboxylic acids is 1. The summed E-state index contributed by atoms with van der Waals surface area (Å²) in [5, 5.41) is 18.1. The predicted octanol–water partition coefficient (Wildman–Crippen LogP) is 4.05. The minimum atomic E-state index is -4.47. The molecule has 6 aromatic rings. The molecule has 0 spiro atoms. The van der Waals surface area contributed by atoms with E-state index in [2.05, 4.69) is 83.4 Å². The number of pyridine rings is 1. The van der Waals surface area contributed by atoms with Crippen molar-refractivity contribution in [2.45, 2.75) is 214 Å². The van der Waals surface area contributed by atoms with Gasteiger partial charge in [0.1, 0.15) is 35.5 Å². The molecule has 15 heterocycles. The van der Waals surface area contributed by atoms with Gasteiger partial charge >= 0.3 is 48.9 Å². The maximum atomic E-state index is 12.6. The van der Waals surface area contributed by atoms with Crippen molar-refractivity contribution in [2.75, 3.05) is 158 Å². The third-order valence-corrected chi connectivity index (χ3v) is 25.5. The Morgan fingerprint density at radius 2 is 0.821 bits per heavy atom. The minimum Gasteiger partial charge on any atom is -0.492 e. The van der Waals surface area contributed by atoms with Crippen molar-refractivity contribution in [3.05, 3.63) is 97.9 Å². The second kappa shape index (κ2) is 39.2. The summed E-state index contributed by atoms with van der Waals surface area (Å²) in [5.41, 5.74) is -1.47. The smallest absolute Gasteiger partial charge is 0.492 e. The summed E-state index contributed by atoms with van der Waals surface area (Å²) in [7, 11) is 0.133. The summed E-state index contributed by atoms with van der Waals surface area (Å²) in [6.07, 6.45) is 12.0. The quantitative estimate of drug-likeness (QED) is 0.145. The molecular formula is C82H125B6F3N16O16. The van der Waals surface area contributed by atoms with Gasteiger partial charge in [-0.3, -0.25) is 39.5 Å². The average Bonchev–Trinajstić information content (AvgIpc) is 1.64. The highest BCUT2D eigenvalue weighted by Crippen LogP contribution is 2.41. The number of hydrogen-bond acceptors (Lipinski definition) is 31. The van der Waals surface area contributed by atoms with E-state index in [0.717, 1.165) is 164 Å². The predicted molar refractivity (Wildman–Crippen MR) is 469 cm³/mol. The van der Waals surface area contributed by atoms with E-state index in [1.807, 2.05) is 157 Å². The molecule has 1 amide bonds. The minimum absolute atomic E-state index is 0.104. The van der Waals surface area contributed by atoms with Crippen LogP contribution in [0.3, 0.4) is 0 Å². The molecule has 10 aliphatic heterocycles. The second-order valence-electron chi connectivity index (χ2n) is 37.2. The molecule has 41 heteroatoms. The lowest BCUT2D eigenvalue weighted by Crippen LogP contribution is -2.46. The van der Waals surface area contributed by atoms with Gasteiger partial charge in [0, 0.05) is 129 Å². The summed E-state index contributed by atoms with van der Waals surface area (Å²) in [5.74, 6) is 4.04. The van der Waals surface area contributed by atoms with Crippen molar-refractivity contribution in [3.8, 4) is 5.75 Å². The zero-order chi connectivity index (χ0) is 89.5. The molecular weight excluding hydrogens is 1590 g/mol. The number of likely N-dealkylation sites (N-methyl/N-ethyl adjacent to an activating group) is 2. The number of morpholine rings is 2. The SMILES string of the molecule is CC1(C)OB(c2ccnc(C(F)(F)F)c2)OC1(C)C.CC1(C)OB(c2cnc(N3CCCC3=O)cn2)OC1(C)C.CC1(C)OB(c2cncc(N3CCOCC3)n2)OC1(C)C.CN1CCN(c2cnc(B3OC(C)(C)C(C)(C)O3)cn2)CC1.CN1CCN(c2cncc(B3OC(C)(C)C(C)(C)O3)n2)CC1.OB(O)c1cccc(OCCN2CCOCC2)c1. The molecule has 10 saturated heterocycles. The molecule has 0 radical (unpaired) electrons. The van der Waals surface area contributed by atoms with Crippen molar-refractivity contribution >= 4 is 105 Å². The number of rotatable bonds is 14. The highest BCUT2D eigenvalue weighted by molar-refractivity contribution is 6.63. The van der Waals surface area contributed by atoms with E-state index >= 15 is 0 Å². The number of aromatic nitrogens is 9. The Kier molecular flexibility index (Phi) is 30.8. The van der Waals surface area contributed by atoms with Crippen LogP contribution in [-0.4, -0.2) is 313 Å². The fourth-order valence-electron chi connectivity index (χ4n) is 13.7. The molecule has 2 N–H and O–H groups in total. The summed E-state index contributed by atoms with van der Waals surface area (Å²) in [6, 6.07) is 9.28. The Bertz CT molecular complexity index is 4360. The van der Waals surface area contributed by atoms with E-state index in [4.69, 9.17) is 75.8 Å². The van der Waals surface area contributed by atoms with Crippen molar-refractivity contribution in [1.82, 2.24) is 59.6 Å². The summed E-state index contributed by atoms with van der Waals surface area (Å²) >= 11 is 0. The van der Waals surface area contributed by atoms with Crippen molar-refractivity contribution in [1.29, 1.82) is 0 Å². The molecule has 0 atom stereocenters. The topological polar surface area (TPSA) is 316 Å². The van der Waals surface area contributed by atoms with Gasteiger partial charge in [-0.2, -0.15) is 13.2 Å². The van der Waals surface area contributed by atoms with Gasteiger partial charge in [-0.25, -0.2) is 19.9 Å². The molecule has 0 aliphatic carbocycles. The molecule has 16 rings (SSSR count). The number of alkyl halides is 3. The van der Waals surface area contributed by atoms with E-state index in [1.165, 1.54) is 6.07 Å². The molecule has 10 fully saturated rings. The Labute approximate surface area is 725 Å². The van der Waals surface area contributed by atoms with E-state index < -0.39 is 77.0 Å². The standard InChI is InChI=1S/2C15H25BN4O2.C14H22BN3O3.C14H20BN3O3.C12H15BF3NO2.C12H18BNO4/c1-14(2)15(3,4)22-16(21-14)12-10-18-13(11-17-12)20-8-6-19(5)7-9-20;1-14(2)15(3,4)22-16(21-14)12-10-17-11-13(18-12)20-8-6-19(5)7-9-20;1-13(2)14(3,4)21-15(20-13)11-9-16-10-12(17-11)18-5-7-19-8-6-18;1-13(2)14(3,4)21-15(20-13)10-8-17-11(9-16-10)18-7-5-6-12(18)19;1-10(2)11(3,4)19-13(18-10)8-5-6-17-9(7-8)12(14,15)16;15-13(16)11-2-1-3-12(10-11)18-9-6-14-4-7-17-8-5-14/h2*10-11H,6-9H2,1-5H3;9-10H,5-8H2,1-4H3;8-9H,5-7H2,1-4H3;5-7H,1-4H3;1-3,10,15-16H,4-9H2. The van der Waals surface area contributed by atoms with Gasteiger partial charge in [0.25, 0.3) is 0 Å². The van der Waals surface area contributed by atoms with Gasteiger partial charge in [-0.15, -0.1) is 0 Å². The number of ether oxygens (including phenoxy) is 3. The number of piperazine rings is 2. The second-order valence-corrected chi connectivity index (χ2v) is 37.2. The molecule has 668 valence electrons. The van der Waals surface area contributed by atoms with E-state index in [-0.39, 0.29) is 39.5 Å².